The van der Waals surface area contributed by atoms with E-state index in [1.807, 2.05) is 25.1 Å². The molecule has 0 aliphatic heterocycles. The first-order chi connectivity index (χ1) is 9.72. The van der Waals surface area contributed by atoms with Gasteiger partial charge in [-0.25, -0.2) is 4.79 Å². The number of urea groups is 1. The van der Waals surface area contributed by atoms with E-state index in [9.17, 15) is 9.59 Å². The first-order valence-electron chi connectivity index (χ1n) is 6.68. The van der Waals surface area contributed by atoms with Crippen molar-refractivity contribution >= 4 is 11.9 Å². The molecule has 0 unspecified atom stereocenters. The van der Waals surface area contributed by atoms with Gasteiger partial charge in [-0.15, -0.1) is 0 Å². The molecule has 3 N–H and O–H groups in total. The first-order valence-corrected chi connectivity index (χ1v) is 6.68. The third kappa shape index (κ3) is 7.25. The molecule has 0 saturated heterocycles. The second-order valence-electron chi connectivity index (χ2n) is 4.13. The summed E-state index contributed by atoms with van der Waals surface area (Å²) in [6.07, 6.45) is 0.890. The predicted molar refractivity (Wildman–Crippen MR) is 76.6 cm³/mol. The van der Waals surface area contributed by atoms with Crippen molar-refractivity contribution in [3.8, 4) is 5.75 Å². The Bertz CT molecular complexity index is 409. The zero-order chi connectivity index (χ0) is 14.6. The van der Waals surface area contributed by atoms with Crippen molar-refractivity contribution in [1.82, 2.24) is 16.0 Å². The summed E-state index contributed by atoms with van der Waals surface area (Å²) >= 11 is 0. The fourth-order valence-electron chi connectivity index (χ4n) is 1.40. The minimum atomic E-state index is -0.221. The Morgan fingerprint density at radius 2 is 1.65 bits per heavy atom. The highest BCUT2D eigenvalue weighted by molar-refractivity contribution is 5.77. The maximum Gasteiger partial charge on any atom is 0.314 e. The third-order valence-electron chi connectivity index (χ3n) is 2.38. The van der Waals surface area contributed by atoms with Crippen LogP contribution in [0.2, 0.25) is 0 Å². The number of ether oxygens (including phenoxy) is 1. The Morgan fingerprint density at radius 1 is 1.00 bits per heavy atom. The zero-order valence-corrected chi connectivity index (χ0v) is 11.6. The van der Waals surface area contributed by atoms with E-state index >= 15 is 0 Å². The number of hydrogen-bond donors (Lipinski definition) is 3. The van der Waals surface area contributed by atoms with Gasteiger partial charge in [0.1, 0.15) is 5.75 Å². The lowest BCUT2D eigenvalue weighted by Gasteiger charge is -2.09. The molecule has 0 bridgehead atoms. The minimum Gasteiger partial charge on any atom is -0.484 e. The van der Waals surface area contributed by atoms with Crippen LogP contribution in [0.5, 0.6) is 5.75 Å². The number of rotatable bonds is 8. The molecule has 6 heteroatoms. The molecule has 110 valence electrons. The molecule has 20 heavy (non-hydrogen) atoms. The van der Waals surface area contributed by atoms with Gasteiger partial charge in [-0.3, -0.25) is 4.79 Å². The van der Waals surface area contributed by atoms with E-state index < -0.39 is 0 Å². The van der Waals surface area contributed by atoms with E-state index in [2.05, 4.69) is 16.0 Å². The van der Waals surface area contributed by atoms with E-state index in [-0.39, 0.29) is 18.5 Å². The lowest BCUT2D eigenvalue weighted by atomic mass is 10.3. The van der Waals surface area contributed by atoms with Crippen LogP contribution in [0.4, 0.5) is 4.79 Å². The van der Waals surface area contributed by atoms with Crippen LogP contribution in [0.15, 0.2) is 30.3 Å². The average Bonchev–Trinajstić information content (AvgIpc) is 2.48. The maximum atomic E-state index is 11.5. The largest absolute Gasteiger partial charge is 0.484 e. The number of para-hydroxylation sites is 1. The quantitative estimate of drug-likeness (QED) is 0.618. The van der Waals surface area contributed by atoms with Crippen LogP contribution in [0.25, 0.3) is 0 Å². The number of nitrogens with one attached hydrogen (secondary N) is 3. The van der Waals surface area contributed by atoms with Crippen molar-refractivity contribution in [1.29, 1.82) is 0 Å². The van der Waals surface area contributed by atoms with Crippen molar-refractivity contribution in [3.63, 3.8) is 0 Å². The highest BCUT2D eigenvalue weighted by atomic mass is 16.5. The molecular formula is C14H21N3O3. The van der Waals surface area contributed by atoms with Gasteiger partial charge in [0, 0.05) is 19.6 Å². The SMILES string of the molecule is CCCNC(=O)NCCNC(=O)COc1ccccc1. The Balaban J connectivity index is 2.04. The van der Waals surface area contributed by atoms with Crippen LogP contribution in [-0.4, -0.2) is 38.2 Å². The van der Waals surface area contributed by atoms with Gasteiger partial charge >= 0.3 is 6.03 Å². The summed E-state index contributed by atoms with van der Waals surface area (Å²) in [4.78, 5) is 22.7. The van der Waals surface area contributed by atoms with Gasteiger partial charge in [-0.05, 0) is 18.6 Å². The van der Waals surface area contributed by atoms with Crippen molar-refractivity contribution in [2.75, 3.05) is 26.2 Å². The monoisotopic (exact) mass is 279 g/mol. The smallest absolute Gasteiger partial charge is 0.314 e. The molecule has 0 fully saturated rings. The van der Waals surface area contributed by atoms with E-state index in [1.54, 1.807) is 12.1 Å². The lowest BCUT2D eigenvalue weighted by Crippen LogP contribution is -2.41. The molecule has 0 radical (unpaired) electrons. The molecule has 0 heterocycles. The fraction of sp³-hybridized carbons (Fsp3) is 0.429. The van der Waals surface area contributed by atoms with Gasteiger partial charge in [0.25, 0.3) is 5.91 Å². The Kier molecular flexibility index (Phi) is 7.64. The summed E-state index contributed by atoms with van der Waals surface area (Å²) in [5.41, 5.74) is 0. The van der Waals surface area contributed by atoms with Crippen molar-refractivity contribution < 1.29 is 14.3 Å². The van der Waals surface area contributed by atoms with Crippen LogP contribution < -0.4 is 20.7 Å². The Hall–Kier alpha value is -2.24. The molecule has 0 spiro atoms. The number of hydrogen-bond acceptors (Lipinski definition) is 3. The second kappa shape index (κ2) is 9.66. The van der Waals surface area contributed by atoms with Crippen molar-refractivity contribution in [2.24, 2.45) is 0 Å². The molecular weight excluding hydrogens is 258 g/mol. The van der Waals surface area contributed by atoms with E-state index in [0.717, 1.165) is 6.42 Å². The molecule has 0 aliphatic carbocycles. The average molecular weight is 279 g/mol. The fourth-order valence-corrected chi connectivity index (χ4v) is 1.40. The highest BCUT2D eigenvalue weighted by Gasteiger charge is 2.02. The Labute approximate surface area is 118 Å². The molecule has 0 atom stereocenters. The van der Waals surface area contributed by atoms with Crippen LogP contribution in [0.1, 0.15) is 13.3 Å². The van der Waals surface area contributed by atoms with E-state index in [0.29, 0.717) is 25.4 Å². The number of benzene rings is 1. The molecule has 6 nitrogen and oxygen atoms in total. The summed E-state index contributed by atoms with van der Waals surface area (Å²) in [6.45, 7) is 3.34. The van der Waals surface area contributed by atoms with Gasteiger partial charge in [-0.1, -0.05) is 25.1 Å². The van der Waals surface area contributed by atoms with Gasteiger partial charge < -0.3 is 20.7 Å². The molecule has 1 rings (SSSR count). The highest BCUT2D eigenvalue weighted by Crippen LogP contribution is 2.07. The molecule has 0 aromatic heterocycles. The normalized spacial score (nSPS) is 9.65. The molecule has 1 aromatic carbocycles. The van der Waals surface area contributed by atoms with Crippen molar-refractivity contribution in [2.45, 2.75) is 13.3 Å². The van der Waals surface area contributed by atoms with Gasteiger partial charge in [0.05, 0.1) is 0 Å². The predicted octanol–water partition coefficient (Wildman–Crippen LogP) is 0.891. The van der Waals surface area contributed by atoms with Gasteiger partial charge in [0.2, 0.25) is 0 Å². The van der Waals surface area contributed by atoms with Crippen LogP contribution >= 0.6 is 0 Å². The Morgan fingerprint density at radius 3 is 2.35 bits per heavy atom. The molecule has 0 saturated carbocycles. The van der Waals surface area contributed by atoms with Crippen molar-refractivity contribution in [3.05, 3.63) is 30.3 Å². The molecule has 1 aromatic rings. The zero-order valence-electron chi connectivity index (χ0n) is 11.6. The van der Waals surface area contributed by atoms with Gasteiger partial charge in [-0.2, -0.15) is 0 Å². The standard InChI is InChI=1S/C14H21N3O3/c1-2-8-16-14(19)17-10-9-15-13(18)11-20-12-6-4-3-5-7-12/h3-7H,2,8-11H2,1H3,(H,15,18)(H2,16,17,19). The number of amides is 3. The van der Waals surface area contributed by atoms with Gasteiger partial charge in [0.15, 0.2) is 6.61 Å². The van der Waals surface area contributed by atoms with Crippen LogP contribution in [0, 0.1) is 0 Å². The summed E-state index contributed by atoms with van der Waals surface area (Å²) in [5, 5.41) is 7.98. The summed E-state index contributed by atoms with van der Waals surface area (Å²) < 4.78 is 5.29. The van der Waals surface area contributed by atoms with E-state index in [1.165, 1.54) is 0 Å². The van der Waals surface area contributed by atoms with E-state index in [4.69, 9.17) is 4.74 Å². The van der Waals surface area contributed by atoms with Crippen LogP contribution in [0.3, 0.4) is 0 Å². The van der Waals surface area contributed by atoms with Crippen LogP contribution in [-0.2, 0) is 4.79 Å². The molecule has 3 amide bonds. The summed E-state index contributed by atoms with van der Waals surface area (Å²) in [5.74, 6) is 0.435. The first kappa shape index (κ1) is 15.8. The maximum absolute atomic E-state index is 11.5. The summed E-state index contributed by atoms with van der Waals surface area (Å²) in [7, 11) is 0. The third-order valence-corrected chi connectivity index (χ3v) is 2.38. The second-order valence-corrected chi connectivity index (χ2v) is 4.13. The number of carbonyl (C=O) groups excluding carboxylic acids is 2. The number of carbonyl (C=O) groups is 2. The topological polar surface area (TPSA) is 79.5 Å². The minimum absolute atomic E-state index is 0.0357. The lowest BCUT2D eigenvalue weighted by molar-refractivity contribution is -0.123. The molecule has 0 aliphatic rings. The summed E-state index contributed by atoms with van der Waals surface area (Å²) in [6, 6.07) is 8.90.